The fourth-order valence-electron chi connectivity index (χ4n) is 6.78. The highest BCUT2D eigenvalue weighted by Gasteiger charge is 2.75. The largest absolute Gasteiger partial charge is 0.394 e. The molecule has 3 aliphatic rings. The molecule has 0 aliphatic carbocycles. The highest BCUT2D eigenvalue weighted by atomic mass is 35.5. The second-order valence-electron chi connectivity index (χ2n) is 10.7. The van der Waals surface area contributed by atoms with Crippen molar-refractivity contribution in [2.24, 2.45) is 11.8 Å². The van der Waals surface area contributed by atoms with E-state index in [9.17, 15) is 19.5 Å². The molecule has 3 fully saturated rings. The fraction of sp³-hybridized carbons (Fsp3) is 0.323. The number of anilines is 2. The van der Waals surface area contributed by atoms with Crippen LogP contribution in [0.5, 0.6) is 0 Å². The summed E-state index contributed by atoms with van der Waals surface area (Å²) in [6, 6.07) is 21.6. The first-order valence-electron chi connectivity index (χ1n) is 13.4. The lowest BCUT2D eigenvalue weighted by atomic mass is 9.70. The van der Waals surface area contributed by atoms with E-state index in [-0.39, 0.29) is 11.8 Å². The Balaban J connectivity index is 1.42. The topological polar surface area (TPSA) is 108 Å². The van der Waals surface area contributed by atoms with E-state index in [1.54, 1.807) is 24.3 Å². The van der Waals surface area contributed by atoms with Crippen molar-refractivity contribution in [1.29, 1.82) is 0 Å². The van der Waals surface area contributed by atoms with Crippen molar-refractivity contribution < 1.29 is 24.2 Å². The molecule has 2 unspecified atom stereocenters. The Labute approximate surface area is 237 Å². The molecular formula is C31H30ClN3O5. The van der Waals surface area contributed by atoms with Crippen molar-refractivity contribution in [3.63, 3.8) is 0 Å². The van der Waals surface area contributed by atoms with E-state index in [2.05, 4.69) is 10.6 Å². The number of halogens is 1. The van der Waals surface area contributed by atoms with Gasteiger partial charge in [0.05, 0.1) is 41.3 Å². The normalized spacial score (nSPS) is 27.4. The van der Waals surface area contributed by atoms with E-state index in [4.69, 9.17) is 16.3 Å². The molecule has 40 heavy (non-hydrogen) atoms. The molecule has 3 aliphatic heterocycles. The van der Waals surface area contributed by atoms with Crippen LogP contribution >= 0.6 is 11.6 Å². The number of aliphatic hydroxyl groups excluding tert-OH is 1. The van der Waals surface area contributed by atoms with Crippen LogP contribution in [-0.2, 0) is 19.1 Å². The minimum Gasteiger partial charge on any atom is -0.394 e. The van der Waals surface area contributed by atoms with Crippen molar-refractivity contribution >= 4 is 40.7 Å². The number of para-hydroxylation sites is 2. The van der Waals surface area contributed by atoms with Gasteiger partial charge in [0, 0.05) is 5.69 Å². The SMILES string of the molecule is Cc1cccc(Cl)c1NC(=O)C1N([C@H](CO)c2ccccc2)C(=O)[C@@H]2[C@H](C(=O)Nc3ccccc3)[C@@H]3CCC12O3. The Hall–Kier alpha value is -3.72. The number of carbonyl (C=O) groups excluding carboxylic acids is 3. The minimum absolute atomic E-state index is 0.320. The summed E-state index contributed by atoms with van der Waals surface area (Å²) in [6.07, 6.45) is 0.474. The molecule has 1 spiro atoms. The summed E-state index contributed by atoms with van der Waals surface area (Å²) in [7, 11) is 0. The predicted octanol–water partition coefficient (Wildman–Crippen LogP) is 4.33. The maximum atomic E-state index is 14.4. The van der Waals surface area contributed by atoms with Crippen LogP contribution in [0.25, 0.3) is 0 Å². The van der Waals surface area contributed by atoms with E-state index < -0.39 is 48.1 Å². The molecule has 3 N–H and O–H groups in total. The number of ether oxygens (including phenoxy) is 1. The standard InChI is InChI=1S/C31H30ClN3O5/c1-18-9-8-14-21(32)26(18)34-29(38)27-31-16-15-23(40-31)24(28(37)33-20-12-6-3-7-13-20)25(31)30(39)35(27)22(17-36)19-10-4-2-5-11-19/h2-14,22-25,27,36H,15-17H2,1H3,(H,33,37)(H,34,38)/t22-,23+,24-,25+,27?,31?/m1/s1. The van der Waals surface area contributed by atoms with Crippen molar-refractivity contribution in [3.8, 4) is 0 Å². The molecule has 8 nitrogen and oxygen atoms in total. The van der Waals surface area contributed by atoms with Gasteiger partial charge < -0.3 is 25.4 Å². The molecular weight excluding hydrogens is 530 g/mol. The van der Waals surface area contributed by atoms with Crippen molar-refractivity contribution in [2.45, 2.75) is 43.6 Å². The van der Waals surface area contributed by atoms with Crippen LogP contribution in [0, 0.1) is 18.8 Å². The van der Waals surface area contributed by atoms with Gasteiger partial charge in [-0.1, -0.05) is 72.3 Å². The number of rotatable bonds is 7. The number of nitrogens with zero attached hydrogens (tertiary/aromatic N) is 1. The van der Waals surface area contributed by atoms with Gasteiger partial charge in [-0.25, -0.2) is 0 Å². The van der Waals surface area contributed by atoms with Crippen molar-refractivity contribution in [2.75, 3.05) is 17.2 Å². The second-order valence-corrected chi connectivity index (χ2v) is 11.1. The zero-order valence-electron chi connectivity index (χ0n) is 21.9. The first-order valence-corrected chi connectivity index (χ1v) is 13.8. The van der Waals surface area contributed by atoms with Crippen LogP contribution in [0.4, 0.5) is 11.4 Å². The summed E-state index contributed by atoms with van der Waals surface area (Å²) >= 11 is 6.44. The maximum Gasteiger partial charge on any atom is 0.250 e. The van der Waals surface area contributed by atoms with Gasteiger partial charge in [0.1, 0.15) is 11.6 Å². The summed E-state index contributed by atoms with van der Waals surface area (Å²) in [5.74, 6) is -2.82. The average Bonchev–Trinajstić information content (AvgIpc) is 3.60. The first kappa shape index (κ1) is 26.5. The molecule has 3 amide bonds. The Kier molecular flexibility index (Phi) is 6.86. The van der Waals surface area contributed by atoms with E-state index in [0.717, 1.165) is 5.56 Å². The maximum absolute atomic E-state index is 14.4. The van der Waals surface area contributed by atoms with Crippen molar-refractivity contribution in [1.82, 2.24) is 4.90 Å². The summed E-state index contributed by atoms with van der Waals surface area (Å²) < 4.78 is 6.52. The van der Waals surface area contributed by atoms with Crippen LogP contribution in [0.1, 0.15) is 30.0 Å². The Bertz CT molecular complexity index is 1430. The quantitative estimate of drug-likeness (QED) is 0.399. The van der Waals surface area contributed by atoms with Gasteiger partial charge in [-0.15, -0.1) is 0 Å². The molecule has 0 saturated carbocycles. The molecule has 206 valence electrons. The smallest absolute Gasteiger partial charge is 0.250 e. The Morgan fingerprint density at radius 3 is 2.40 bits per heavy atom. The van der Waals surface area contributed by atoms with E-state index in [1.165, 1.54) is 4.90 Å². The van der Waals surface area contributed by atoms with Crippen LogP contribution in [-0.4, -0.2) is 52.1 Å². The number of aliphatic hydroxyl groups is 1. The van der Waals surface area contributed by atoms with Crippen LogP contribution in [0.2, 0.25) is 5.02 Å². The first-order chi connectivity index (χ1) is 19.4. The van der Waals surface area contributed by atoms with Gasteiger partial charge in [0.25, 0.3) is 0 Å². The van der Waals surface area contributed by atoms with Gasteiger partial charge in [0.15, 0.2) is 0 Å². The Morgan fingerprint density at radius 1 is 1.02 bits per heavy atom. The van der Waals surface area contributed by atoms with Crippen molar-refractivity contribution in [3.05, 3.63) is 95.0 Å². The lowest BCUT2D eigenvalue weighted by Crippen LogP contribution is -2.54. The lowest BCUT2D eigenvalue weighted by Gasteiger charge is -2.37. The van der Waals surface area contributed by atoms with Gasteiger partial charge in [-0.05, 0) is 49.1 Å². The van der Waals surface area contributed by atoms with E-state index >= 15 is 0 Å². The minimum atomic E-state index is -1.22. The van der Waals surface area contributed by atoms with Gasteiger partial charge in [-0.2, -0.15) is 0 Å². The number of amides is 3. The highest BCUT2D eigenvalue weighted by molar-refractivity contribution is 6.34. The molecule has 2 bridgehead atoms. The molecule has 3 saturated heterocycles. The van der Waals surface area contributed by atoms with E-state index in [0.29, 0.717) is 34.8 Å². The third kappa shape index (κ3) is 4.18. The van der Waals surface area contributed by atoms with Gasteiger partial charge >= 0.3 is 0 Å². The fourth-order valence-corrected chi connectivity index (χ4v) is 7.05. The lowest BCUT2D eigenvalue weighted by molar-refractivity contribution is -0.143. The third-order valence-corrected chi connectivity index (χ3v) is 8.81. The molecule has 3 aromatic rings. The van der Waals surface area contributed by atoms with Crippen LogP contribution in [0.15, 0.2) is 78.9 Å². The number of nitrogens with one attached hydrogen (secondary N) is 2. The number of aryl methyl sites for hydroxylation is 1. The van der Waals surface area contributed by atoms with E-state index in [1.807, 2.05) is 61.5 Å². The number of fused-ring (bicyclic) bond motifs is 1. The molecule has 3 aromatic carbocycles. The molecule has 3 heterocycles. The second kappa shape index (κ2) is 10.4. The molecule has 6 atom stereocenters. The molecule has 6 rings (SSSR count). The van der Waals surface area contributed by atoms with Gasteiger partial charge in [-0.3, -0.25) is 14.4 Å². The summed E-state index contributed by atoms with van der Waals surface area (Å²) in [4.78, 5) is 43.6. The highest BCUT2D eigenvalue weighted by Crippen LogP contribution is 2.60. The molecule has 0 radical (unpaired) electrons. The summed E-state index contributed by atoms with van der Waals surface area (Å²) in [5.41, 5.74) is 1.30. The summed E-state index contributed by atoms with van der Waals surface area (Å²) in [5, 5.41) is 16.8. The molecule has 0 aromatic heterocycles. The zero-order chi connectivity index (χ0) is 28.0. The monoisotopic (exact) mass is 559 g/mol. The number of hydrogen-bond acceptors (Lipinski definition) is 5. The Morgan fingerprint density at radius 2 is 1.73 bits per heavy atom. The number of likely N-dealkylation sites (tertiary alicyclic amines) is 1. The molecule has 9 heteroatoms. The predicted molar refractivity (Wildman–Crippen MR) is 151 cm³/mol. The van der Waals surface area contributed by atoms with Gasteiger partial charge in [0.2, 0.25) is 17.7 Å². The third-order valence-electron chi connectivity index (χ3n) is 8.49. The van der Waals surface area contributed by atoms with Crippen LogP contribution < -0.4 is 10.6 Å². The summed E-state index contributed by atoms with van der Waals surface area (Å²) in [6.45, 7) is 1.43. The zero-order valence-corrected chi connectivity index (χ0v) is 22.7. The number of hydrogen-bond donors (Lipinski definition) is 3. The average molecular weight is 560 g/mol. The number of benzene rings is 3. The van der Waals surface area contributed by atoms with Crippen LogP contribution in [0.3, 0.4) is 0 Å². The number of carbonyl (C=O) groups is 3.